The summed E-state index contributed by atoms with van der Waals surface area (Å²) in [6.45, 7) is 6.48. The lowest BCUT2D eigenvalue weighted by atomic mass is 9.82. The first-order valence-corrected chi connectivity index (χ1v) is 7.10. The van der Waals surface area contributed by atoms with E-state index in [1.807, 2.05) is 6.07 Å². The van der Waals surface area contributed by atoms with Crippen molar-refractivity contribution in [3.8, 4) is 11.1 Å². The lowest BCUT2D eigenvalue weighted by molar-refractivity contribution is 0.609. The highest BCUT2D eigenvalue weighted by Crippen LogP contribution is 2.50. The molecule has 1 aliphatic carbocycles. The van der Waals surface area contributed by atoms with Crippen LogP contribution in [0, 0.1) is 16.3 Å². The highest BCUT2D eigenvalue weighted by molar-refractivity contribution is 14.1. The molecule has 0 fully saturated rings. The molecule has 1 aliphatic rings. The average molecular weight is 352 g/mol. The van der Waals surface area contributed by atoms with Gasteiger partial charge in [-0.2, -0.15) is 0 Å². The van der Waals surface area contributed by atoms with Crippen molar-refractivity contribution < 1.29 is 4.39 Å². The maximum absolute atomic E-state index is 13.5. The fourth-order valence-electron chi connectivity index (χ4n) is 2.99. The van der Waals surface area contributed by atoms with Crippen molar-refractivity contribution >= 4 is 22.6 Å². The summed E-state index contributed by atoms with van der Waals surface area (Å²) in [5.74, 6) is -0.151. The van der Waals surface area contributed by atoms with Crippen LogP contribution in [0.5, 0.6) is 0 Å². The Morgan fingerprint density at radius 1 is 1.06 bits per heavy atom. The second-order valence-corrected chi connectivity index (χ2v) is 6.71. The minimum Gasteiger partial charge on any atom is -0.207 e. The lowest BCUT2D eigenvalue weighted by Crippen LogP contribution is -2.15. The van der Waals surface area contributed by atoms with E-state index in [1.165, 1.54) is 25.8 Å². The van der Waals surface area contributed by atoms with Gasteiger partial charge in [0.25, 0.3) is 0 Å². The van der Waals surface area contributed by atoms with Gasteiger partial charge in [0, 0.05) is 8.99 Å². The Hall–Kier alpha value is -0.900. The molecule has 0 amide bonds. The van der Waals surface area contributed by atoms with Gasteiger partial charge in [0.05, 0.1) is 0 Å². The molecule has 0 N–H and O–H groups in total. The average Bonchev–Trinajstić information content (AvgIpc) is 2.49. The zero-order valence-corrected chi connectivity index (χ0v) is 12.8. The Labute approximate surface area is 120 Å². The third kappa shape index (κ3) is 1.54. The first-order valence-electron chi connectivity index (χ1n) is 6.02. The molecule has 0 radical (unpaired) electrons. The third-order valence-electron chi connectivity index (χ3n) is 3.90. The predicted octanol–water partition coefficient (Wildman–Crippen LogP) is 5.05. The van der Waals surface area contributed by atoms with Gasteiger partial charge in [0.15, 0.2) is 0 Å². The van der Waals surface area contributed by atoms with E-state index in [-0.39, 0.29) is 11.2 Å². The first-order chi connectivity index (χ1) is 8.41. The third-order valence-corrected chi connectivity index (χ3v) is 4.52. The van der Waals surface area contributed by atoms with Gasteiger partial charge < -0.3 is 0 Å². The van der Waals surface area contributed by atoms with E-state index in [0.29, 0.717) is 0 Å². The Balaban J connectivity index is 2.42. The predicted molar refractivity (Wildman–Crippen MR) is 81.4 cm³/mol. The van der Waals surface area contributed by atoms with Crippen LogP contribution in [0.15, 0.2) is 30.3 Å². The molecule has 18 heavy (non-hydrogen) atoms. The zero-order valence-electron chi connectivity index (χ0n) is 10.6. The van der Waals surface area contributed by atoms with Crippen LogP contribution in [-0.4, -0.2) is 0 Å². The highest BCUT2D eigenvalue weighted by Gasteiger charge is 2.36. The van der Waals surface area contributed by atoms with Gasteiger partial charge >= 0.3 is 0 Å². The van der Waals surface area contributed by atoms with Gasteiger partial charge in [0.1, 0.15) is 5.82 Å². The minimum absolute atomic E-state index is 0.112. The van der Waals surface area contributed by atoms with Gasteiger partial charge in [-0.05, 0) is 81.6 Å². The molecule has 0 aliphatic heterocycles. The second-order valence-electron chi connectivity index (χ2n) is 5.46. The van der Waals surface area contributed by atoms with Crippen LogP contribution in [0.3, 0.4) is 0 Å². The summed E-state index contributed by atoms with van der Waals surface area (Å²) < 4.78 is 14.7. The van der Waals surface area contributed by atoms with E-state index in [2.05, 4.69) is 55.5 Å². The van der Waals surface area contributed by atoms with Crippen LogP contribution in [0.1, 0.15) is 30.5 Å². The van der Waals surface area contributed by atoms with Crippen LogP contribution < -0.4 is 0 Å². The number of hydrogen-bond donors (Lipinski definition) is 0. The molecule has 0 aromatic heterocycles. The fourth-order valence-corrected chi connectivity index (χ4v) is 3.77. The van der Waals surface area contributed by atoms with Crippen LogP contribution in [0.25, 0.3) is 11.1 Å². The van der Waals surface area contributed by atoms with E-state index < -0.39 is 0 Å². The van der Waals surface area contributed by atoms with E-state index >= 15 is 0 Å². The van der Waals surface area contributed by atoms with Crippen LogP contribution in [0.4, 0.5) is 4.39 Å². The molecule has 2 heteroatoms. The molecule has 92 valence electrons. The molecular weight excluding hydrogens is 338 g/mol. The smallest absolute Gasteiger partial charge is 0.123 e. The normalized spacial score (nSPS) is 15.4. The van der Waals surface area contributed by atoms with Gasteiger partial charge in [-0.15, -0.1) is 0 Å². The van der Waals surface area contributed by atoms with Crippen molar-refractivity contribution in [3.05, 3.63) is 56.4 Å². The zero-order chi connectivity index (χ0) is 13.1. The number of aryl methyl sites for hydroxylation is 1. The summed E-state index contributed by atoms with van der Waals surface area (Å²) in [6, 6.07) is 9.57. The molecule has 0 unspecified atom stereocenters. The molecule has 2 aromatic rings. The molecule has 0 spiro atoms. The Kier molecular flexibility index (Phi) is 2.56. The molecule has 0 atom stereocenters. The summed E-state index contributed by atoms with van der Waals surface area (Å²) in [5, 5.41) is 0. The monoisotopic (exact) mass is 352 g/mol. The number of hydrogen-bond acceptors (Lipinski definition) is 0. The molecule has 0 saturated heterocycles. The SMILES string of the molecule is Cc1cc(I)cc2c1-c1ccc(F)cc1C2(C)C. The van der Waals surface area contributed by atoms with Crippen molar-refractivity contribution in [2.45, 2.75) is 26.2 Å². The number of fused-ring (bicyclic) bond motifs is 3. The Bertz CT molecular complexity index is 656. The summed E-state index contributed by atoms with van der Waals surface area (Å²) >= 11 is 2.35. The van der Waals surface area contributed by atoms with Crippen molar-refractivity contribution in [2.24, 2.45) is 0 Å². The van der Waals surface area contributed by atoms with Crippen LogP contribution in [-0.2, 0) is 5.41 Å². The molecule has 0 saturated carbocycles. The molecule has 0 nitrogen and oxygen atoms in total. The summed E-state index contributed by atoms with van der Waals surface area (Å²) in [6.07, 6.45) is 0. The molecule has 2 aromatic carbocycles. The van der Waals surface area contributed by atoms with Crippen LogP contribution >= 0.6 is 22.6 Å². The quantitative estimate of drug-likeness (QED) is 0.583. The van der Waals surface area contributed by atoms with E-state index in [0.717, 1.165) is 5.56 Å². The topological polar surface area (TPSA) is 0 Å². The largest absolute Gasteiger partial charge is 0.207 e. The molecule has 3 rings (SSSR count). The highest BCUT2D eigenvalue weighted by atomic mass is 127. The Morgan fingerprint density at radius 3 is 2.50 bits per heavy atom. The summed E-state index contributed by atoms with van der Waals surface area (Å²) in [7, 11) is 0. The van der Waals surface area contributed by atoms with Crippen molar-refractivity contribution in [1.29, 1.82) is 0 Å². The van der Waals surface area contributed by atoms with Gasteiger partial charge in [-0.3, -0.25) is 0 Å². The van der Waals surface area contributed by atoms with Gasteiger partial charge in [-0.1, -0.05) is 19.9 Å². The van der Waals surface area contributed by atoms with E-state index in [9.17, 15) is 4.39 Å². The van der Waals surface area contributed by atoms with Crippen molar-refractivity contribution in [3.63, 3.8) is 0 Å². The lowest BCUT2D eigenvalue weighted by Gasteiger charge is -2.21. The second kappa shape index (κ2) is 3.80. The maximum Gasteiger partial charge on any atom is 0.123 e. The number of rotatable bonds is 0. The minimum atomic E-state index is -0.151. The molecule has 0 heterocycles. The summed E-state index contributed by atoms with van der Waals surface area (Å²) in [4.78, 5) is 0. The molecular formula is C16H14FI. The van der Waals surface area contributed by atoms with Crippen molar-refractivity contribution in [1.82, 2.24) is 0 Å². The van der Waals surface area contributed by atoms with Gasteiger partial charge in [-0.25, -0.2) is 4.39 Å². The Morgan fingerprint density at radius 2 is 1.78 bits per heavy atom. The van der Waals surface area contributed by atoms with Crippen LogP contribution in [0.2, 0.25) is 0 Å². The van der Waals surface area contributed by atoms with Crippen molar-refractivity contribution in [2.75, 3.05) is 0 Å². The van der Waals surface area contributed by atoms with E-state index in [1.54, 1.807) is 12.1 Å². The fraction of sp³-hybridized carbons (Fsp3) is 0.250. The number of benzene rings is 2. The standard InChI is InChI=1S/C16H14FI/c1-9-6-11(18)8-14-15(9)12-5-4-10(17)7-13(12)16(14,2)3/h4-8H,1-3H3. The molecule has 0 bridgehead atoms. The first kappa shape index (κ1) is 12.2. The number of halogens is 2. The summed E-state index contributed by atoms with van der Waals surface area (Å²) in [5.41, 5.74) is 6.05. The maximum atomic E-state index is 13.5. The van der Waals surface area contributed by atoms with Gasteiger partial charge in [0.2, 0.25) is 0 Å². The van der Waals surface area contributed by atoms with E-state index in [4.69, 9.17) is 0 Å².